The van der Waals surface area contributed by atoms with E-state index < -0.39 is 0 Å². The second-order valence-electron chi connectivity index (χ2n) is 4.62. The highest BCUT2D eigenvalue weighted by atomic mass is 16.5. The lowest BCUT2D eigenvalue weighted by Crippen LogP contribution is -2.10. The van der Waals surface area contributed by atoms with Gasteiger partial charge in [-0.2, -0.15) is 0 Å². The Morgan fingerprint density at radius 2 is 1.94 bits per heavy atom. The molecule has 0 spiro atoms. The molecule has 0 aliphatic heterocycles. The van der Waals surface area contributed by atoms with Gasteiger partial charge in [-0.05, 0) is 44.9 Å². The molecule has 1 aromatic carbocycles. The Morgan fingerprint density at radius 3 is 2.50 bits per heavy atom. The van der Waals surface area contributed by atoms with Crippen LogP contribution in [0.4, 0.5) is 0 Å². The van der Waals surface area contributed by atoms with Crippen LogP contribution in [-0.4, -0.2) is 12.7 Å². The Bertz CT molecular complexity index is 364. The van der Waals surface area contributed by atoms with Gasteiger partial charge >= 0.3 is 0 Å². The summed E-state index contributed by atoms with van der Waals surface area (Å²) < 4.78 is 11.4. The van der Waals surface area contributed by atoms with Gasteiger partial charge in [0.25, 0.3) is 0 Å². The normalized spacial score (nSPS) is 14.3. The summed E-state index contributed by atoms with van der Waals surface area (Å²) in [6.45, 7) is 9.40. The summed E-state index contributed by atoms with van der Waals surface area (Å²) in [5.74, 6) is 0.894. The van der Waals surface area contributed by atoms with Crippen molar-refractivity contribution in [3.8, 4) is 5.75 Å². The molecule has 0 bridgehead atoms. The van der Waals surface area contributed by atoms with E-state index in [2.05, 4.69) is 19.9 Å². The third-order valence-electron chi connectivity index (χ3n) is 3.01. The maximum absolute atomic E-state index is 5.91. The van der Waals surface area contributed by atoms with Gasteiger partial charge in [0.2, 0.25) is 0 Å². The average Bonchev–Trinajstić information content (AvgIpc) is 2.37. The van der Waals surface area contributed by atoms with Crippen LogP contribution in [0.25, 0.3) is 0 Å². The molecule has 2 N–H and O–H groups in total. The molecule has 102 valence electrons. The third-order valence-corrected chi connectivity index (χ3v) is 3.01. The molecule has 0 aliphatic rings. The van der Waals surface area contributed by atoms with E-state index in [1.807, 2.05) is 26.0 Å². The topological polar surface area (TPSA) is 44.5 Å². The van der Waals surface area contributed by atoms with Gasteiger partial charge in [-0.1, -0.05) is 13.0 Å². The first-order valence-corrected chi connectivity index (χ1v) is 6.71. The molecule has 0 fully saturated rings. The Morgan fingerprint density at radius 1 is 1.22 bits per heavy atom. The predicted molar refractivity (Wildman–Crippen MR) is 74.8 cm³/mol. The zero-order valence-electron chi connectivity index (χ0n) is 11.9. The second kappa shape index (κ2) is 7.39. The van der Waals surface area contributed by atoms with Gasteiger partial charge in [-0.15, -0.1) is 0 Å². The van der Waals surface area contributed by atoms with Crippen LogP contribution in [0.1, 0.15) is 51.3 Å². The molecule has 0 amide bonds. The lowest BCUT2D eigenvalue weighted by Gasteiger charge is -2.16. The molecule has 0 saturated heterocycles. The van der Waals surface area contributed by atoms with Crippen molar-refractivity contribution in [2.45, 2.75) is 52.9 Å². The molecule has 0 aliphatic carbocycles. The number of nitrogens with two attached hydrogens (primary N) is 1. The van der Waals surface area contributed by atoms with Gasteiger partial charge in [0, 0.05) is 11.6 Å². The van der Waals surface area contributed by atoms with Crippen LogP contribution < -0.4 is 10.5 Å². The highest BCUT2D eigenvalue weighted by Gasteiger charge is 2.09. The molecular weight excluding hydrogens is 226 g/mol. The van der Waals surface area contributed by atoms with E-state index >= 15 is 0 Å². The minimum Gasteiger partial charge on any atom is -0.494 e. The summed E-state index contributed by atoms with van der Waals surface area (Å²) in [6, 6.07) is 6.11. The van der Waals surface area contributed by atoms with Gasteiger partial charge in [0.15, 0.2) is 0 Å². The largest absolute Gasteiger partial charge is 0.494 e. The fraction of sp³-hybridized carbons (Fsp3) is 0.600. The second-order valence-corrected chi connectivity index (χ2v) is 4.62. The van der Waals surface area contributed by atoms with Crippen LogP contribution in [0.2, 0.25) is 0 Å². The van der Waals surface area contributed by atoms with E-state index in [9.17, 15) is 0 Å². The Labute approximate surface area is 110 Å². The number of hydrogen-bond acceptors (Lipinski definition) is 3. The predicted octanol–water partition coefficient (Wildman–Crippen LogP) is 3.42. The fourth-order valence-corrected chi connectivity index (χ4v) is 1.64. The van der Waals surface area contributed by atoms with Gasteiger partial charge in [0.05, 0.1) is 19.3 Å². The van der Waals surface area contributed by atoms with Gasteiger partial charge < -0.3 is 15.2 Å². The smallest absolute Gasteiger partial charge is 0.124 e. The van der Waals surface area contributed by atoms with E-state index in [1.54, 1.807) is 0 Å². The lowest BCUT2D eigenvalue weighted by atomic mass is 10.1. The minimum atomic E-state index is 0.0306. The third kappa shape index (κ3) is 4.31. The molecule has 1 aromatic rings. The van der Waals surface area contributed by atoms with E-state index in [4.69, 9.17) is 15.2 Å². The number of hydrogen-bond donors (Lipinski definition) is 1. The standard InChI is InChI=1S/C15H25NO2/c1-5-11(3)18-10-14-9-13(12(4)16)7-8-15(14)17-6-2/h7-9,11-12H,5-6,10,16H2,1-4H3. The monoisotopic (exact) mass is 251 g/mol. The molecule has 1 rings (SSSR count). The zero-order chi connectivity index (χ0) is 13.5. The maximum Gasteiger partial charge on any atom is 0.124 e. The van der Waals surface area contributed by atoms with Crippen LogP contribution in [0.5, 0.6) is 5.75 Å². The summed E-state index contributed by atoms with van der Waals surface area (Å²) in [5.41, 5.74) is 8.10. The van der Waals surface area contributed by atoms with Crippen molar-refractivity contribution in [2.24, 2.45) is 5.73 Å². The first kappa shape index (κ1) is 15.0. The number of rotatable bonds is 7. The van der Waals surface area contributed by atoms with Crippen molar-refractivity contribution in [3.63, 3.8) is 0 Å². The molecule has 2 unspecified atom stereocenters. The molecule has 0 saturated carbocycles. The van der Waals surface area contributed by atoms with Crippen LogP contribution in [0, 0.1) is 0 Å². The van der Waals surface area contributed by atoms with E-state index in [1.165, 1.54) is 0 Å². The molecule has 0 aromatic heterocycles. The van der Waals surface area contributed by atoms with Gasteiger partial charge in [0.1, 0.15) is 5.75 Å². The molecule has 18 heavy (non-hydrogen) atoms. The van der Waals surface area contributed by atoms with Crippen molar-refractivity contribution in [3.05, 3.63) is 29.3 Å². The van der Waals surface area contributed by atoms with E-state index in [0.29, 0.717) is 13.2 Å². The number of benzene rings is 1. The van der Waals surface area contributed by atoms with Crippen molar-refractivity contribution in [2.75, 3.05) is 6.61 Å². The van der Waals surface area contributed by atoms with Crippen LogP contribution in [0.3, 0.4) is 0 Å². The maximum atomic E-state index is 5.91. The highest BCUT2D eigenvalue weighted by molar-refractivity contribution is 5.38. The molecule has 3 nitrogen and oxygen atoms in total. The van der Waals surface area contributed by atoms with Crippen LogP contribution >= 0.6 is 0 Å². The van der Waals surface area contributed by atoms with Gasteiger partial charge in [-0.25, -0.2) is 0 Å². The van der Waals surface area contributed by atoms with Crippen molar-refractivity contribution < 1.29 is 9.47 Å². The quantitative estimate of drug-likeness (QED) is 0.807. The van der Waals surface area contributed by atoms with Gasteiger partial charge in [-0.3, -0.25) is 0 Å². The molecule has 3 heteroatoms. The zero-order valence-corrected chi connectivity index (χ0v) is 11.9. The number of ether oxygens (including phenoxy) is 2. The molecule has 0 radical (unpaired) electrons. The van der Waals surface area contributed by atoms with Crippen molar-refractivity contribution in [1.29, 1.82) is 0 Å². The summed E-state index contributed by atoms with van der Waals surface area (Å²) in [7, 11) is 0. The van der Waals surface area contributed by atoms with Crippen LogP contribution in [-0.2, 0) is 11.3 Å². The average molecular weight is 251 g/mol. The van der Waals surface area contributed by atoms with Crippen LogP contribution in [0.15, 0.2) is 18.2 Å². The van der Waals surface area contributed by atoms with Crippen molar-refractivity contribution in [1.82, 2.24) is 0 Å². The van der Waals surface area contributed by atoms with E-state index in [-0.39, 0.29) is 12.1 Å². The Balaban J connectivity index is 2.85. The molecule has 2 atom stereocenters. The summed E-state index contributed by atoms with van der Waals surface area (Å²) >= 11 is 0. The SMILES string of the molecule is CCOc1ccc(C(C)N)cc1COC(C)CC. The summed E-state index contributed by atoms with van der Waals surface area (Å²) in [6.07, 6.45) is 1.27. The molecule has 0 heterocycles. The Hall–Kier alpha value is -1.06. The first-order chi connectivity index (χ1) is 8.58. The summed E-state index contributed by atoms with van der Waals surface area (Å²) in [5, 5.41) is 0. The molecular formula is C15H25NO2. The first-order valence-electron chi connectivity index (χ1n) is 6.71. The van der Waals surface area contributed by atoms with Crippen molar-refractivity contribution >= 4 is 0 Å². The summed E-state index contributed by atoms with van der Waals surface area (Å²) in [4.78, 5) is 0. The fourth-order valence-electron chi connectivity index (χ4n) is 1.64. The minimum absolute atomic E-state index is 0.0306. The highest BCUT2D eigenvalue weighted by Crippen LogP contribution is 2.24. The Kier molecular flexibility index (Phi) is 6.16. The lowest BCUT2D eigenvalue weighted by molar-refractivity contribution is 0.0494. The van der Waals surface area contributed by atoms with E-state index in [0.717, 1.165) is 23.3 Å².